The third kappa shape index (κ3) is 5.02. The first-order chi connectivity index (χ1) is 9.83. The molecule has 112 valence electrons. The van der Waals surface area contributed by atoms with Crippen molar-refractivity contribution in [2.45, 2.75) is 32.9 Å². The molecule has 0 saturated heterocycles. The molecular formula is C15H17ClN2O2S. The summed E-state index contributed by atoms with van der Waals surface area (Å²) in [4.78, 5) is 17.0. The van der Waals surface area contributed by atoms with E-state index in [2.05, 4.69) is 10.3 Å². The SMILES string of the molecule is CC(C)(C)OC(=O)c1cccc(NCc2cnc(Cl)s2)c1. The molecule has 1 N–H and O–H groups in total. The Bertz CT molecular complexity index is 635. The molecule has 1 heterocycles. The normalized spacial score (nSPS) is 11.2. The molecule has 2 aromatic rings. The fourth-order valence-electron chi connectivity index (χ4n) is 1.65. The molecule has 6 heteroatoms. The monoisotopic (exact) mass is 324 g/mol. The quantitative estimate of drug-likeness (QED) is 0.849. The van der Waals surface area contributed by atoms with E-state index in [1.54, 1.807) is 18.3 Å². The summed E-state index contributed by atoms with van der Waals surface area (Å²) in [5, 5.41) is 3.24. The highest BCUT2D eigenvalue weighted by molar-refractivity contribution is 7.15. The molecule has 21 heavy (non-hydrogen) atoms. The zero-order valence-electron chi connectivity index (χ0n) is 12.1. The smallest absolute Gasteiger partial charge is 0.338 e. The van der Waals surface area contributed by atoms with Crippen LogP contribution in [0, 0.1) is 0 Å². The van der Waals surface area contributed by atoms with E-state index in [0.717, 1.165) is 10.6 Å². The van der Waals surface area contributed by atoms with Crippen LogP contribution in [0.3, 0.4) is 0 Å². The topological polar surface area (TPSA) is 51.2 Å². The Morgan fingerprint density at radius 3 is 2.81 bits per heavy atom. The van der Waals surface area contributed by atoms with Crippen LogP contribution in [-0.4, -0.2) is 16.6 Å². The van der Waals surface area contributed by atoms with E-state index in [-0.39, 0.29) is 5.97 Å². The first kappa shape index (κ1) is 15.8. The maximum Gasteiger partial charge on any atom is 0.338 e. The number of nitrogens with one attached hydrogen (secondary N) is 1. The number of thiazole rings is 1. The third-order valence-corrected chi connectivity index (χ3v) is 3.60. The summed E-state index contributed by atoms with van der Waals surface area (Å²) in [5.74, 6) is -0.327. The molecule has 0 atom stereocenters. The van der Waals surface area contributed by atoms with Crippen LogP contribution in [0.2, 0.25) is 4.47 Å². The molecule has 0 aliphatic heterocycles. The van der Waals surface area contributed by atoms with Gasteiger partial charge in [-0.2, -0.15) is 0 Å². The molecule has 0 amide bonds. The van der Waals surface area contributed by atoms with Crippen LogP contribution in [0.15, 0.2) is 30.5 Å². The van der Waals surface area contributed by atoms with E-state index in [1.165, 1.54) is 11.3 Å². The maximum absolute atomic E-state index is 12.0. The number of halogens is 1. The van der Waals surface area contributed by atoms with Crippen molar-refractivity contribution in [1.29, 1.82) is 0 Å². The molecule has 1 aromatic heterocycles. The van der Waals surface area contributed by atoms with Gasteiger partial charge < -0.3 is 10.1 Å². The number of hydrogen-bond donors (Lipinski definition) is 1. The van der Waals surface area contributed by atoms with Crippen LogP contribution in [0.1, 0.15) is 36.0 Å². The lowest BCUT2D eigenvalue weighted by Crippen LogP contribution is -2.23. The van der Waals surface area contributed by atoms with Crippen molar-refractivity contribution in [2.24, 2.45) is 0 Å². The van der Waals surface area contributed by atoms with Gasteiger partial charge in [0.15, 0.2) is 4.47 Å². The second-order valence-corrected chi connectivity index (χ2v) is 7.21. The highest BCUT2D eigenvalue weighted by Gasteiger charge is 2.17. The molecule has 0 bridgehead atoms. The lowest BCUT2D eigenvalue weighted by Gasteiger charge is -2.19. The van der Waals surface area contributed by atoms with Gasteiger partial charge in [0, 0.05) is 16.8 Å². The van der Waals surface area contributed by atoms with E-state index in [9.17, 15) is 4.79 Å². The predicted octanol–water partition coefficient (Wildman–Crippen LogP) is 4.36. The van der Waals surface area contributed by atoms with Gasteiger partial charge >= 0.3 is 5.97 Å². The van der Waals surface area contributed by atoms with Gasteiger partial charge in [0.1, 0.15) is 5.60 Å². The molecule has 0 aliphatic rings. The molecule has 4 nitrogen and oxygen atoms in total. The van der Waals surface area contributed by atoms with Crippen molar-refractivity contribution in [3.05, 3.63) is 45.4 Å². The first-order valence-corrected chi connectivity index (χ1v) is 7.70. The van der Waals surface area contributed by atoms with E-state index in [1.807, 2.05) is 32.9 Å². The first-order valence-electron chi connectivity index (χ1n) is 6.51. The number of ether oxygens (including phenoxy) is 1. The average molecular weight is 325 g/mol. The number of carbonyl (C=O) groups excluding carboxylic acids is 1. The Kier molecular flexibility index (Phi) is 4.85. The zero-order chi connectivity index (χ0) is 15.5. The van der Waals surface area contributed by atoms with Gasteiger partial charge in [-0.05, 0) is 39.0 Å². The van der Waals surface area contributed by atoms with Crippen molar-refractivity contribution >= 4 is 34.6 Å². The summed E-state index contributed by atoms with van der Waals surface area (Å²) >= 11 is 7.21. The standard InChI is InChI=1S/C15H17ClN2O2S/c1-15(2,3)20-13(19)10-5-4-6-11(7-10)17-8-12-9-18-14(16)21-12/h4-7,9,17H,8H2,1-3H3. The van der Waals surface area contributed by atoms with Crippen molar-refractivity contribution in [2.75, 3.05) is 5.32 Å². The van der Waals surface area contributed by atoms with Gasteiger partial charge in [-0.25, -0.2) is 9.78 Å². The Balaban J connectivity index is 2.02. The zero-order valence-corrected chi connectivity index (χ0v) is 13.7. The molecule has 0 saturated carbocycles. The second-order valence-electron chi connectivity index (χ2n) is 5.52. The van der Waals surface area contributed by atoms with Gasteiger partial charge in [-0.1, -0.05) is 17.7 Å². The van der Waals surface area contributed by atoms with Crippen LogP contribution in [0.4, 0.5) is 5.69 Å². The van der Waals surface area contributed by atoms with E-state index >= 15 is 0 Å². The van der Waals surface area contributed by atoms with Crippen molar-refractivity contribution < 1.29 is 9.53 Å². The fourth-order valence-corrected chi connectivity index (χ4v) is 2.57. The summed E-state index contributed by atoms with van der Waals surface area (Å²) in [6, 6.07) is 7.23. The number of benzene rings is 1. The molecule has 0 radical (unpaired) electrons. The Morgan fingerprint density at radius 1 is 1.43 bits per heavy atom. The number of anilines is 1. The number of esters is 1. The van der Waals surface area contributed by atoms with Crippen LogP contribution < -0.4 is 5.32 Å². The number of carbonyl (C=O) groups is 1. The molecular weight excluding hydrogens is 308 g/mol. The van der Waals surface area contributed by atoms with Crippen LogP contribution in [0.25, 0.3) is 0 Å². The van der Waals surface area contributed by atoms with Gasteiger partial charge in [-0.3, -0.25) is 0 Å². The minimum atomic E-state index is -0.500. The van der Waals surface area contributed by atoms with Crippen LogP contribution >= 0.6 is 22.9 Å². The number of nitrogens with zero attached hydrogens (tertiary/aromatic N) is 1. The highest BCUT2D eigenvalue weighted by atomic mass is 35.5. The lowest BCUT2D eigenvalue weighted by atomic mass is 10.1. The second kappa shape index (κ2) is 6.45. The third-order valence-electron chi connectivity index (χ3n) is 2.49. The minimum Gasteiger partial charge on any atom is -0.456 e. The highest BCUT2D eigenvalue weighted by Crippen LogP contribution is 2.20. The Hall–Kier alpha value is -1.59. The van der Waals surface area contributed by atoms with Gasteiger partial charge in [0.2, 0.25) is 0 Å². The molecule has 0 unspecified atom stereocenters. The van der Waals surface area contributed by atoms with E-state index in [0.29, 0.717) is 16.6 Å². The van der Waals surface area contributed by atoms with Gasteiger partial charge in [0.05, 0.1) is 12.1 Å². The summed E-state index contributed by atoms with van der Waals surface area (Å²) in [6.45, 7) is 6.16. The summed E-state index contributed by atoms with van der Waals surface area (Å²) in [7, 11) is 0. The molecule has 0 aliphatic carbocycles. The maximum atomic E-state index is 12.0. The fraction of sp³-hybridized carbons (Fsp3) is 0.333. The Morgan fingerprint density at radius 2 is 2.19 bits per heavy atom. The van der Waals surface area contributed by atoms with E-state index in [4.69, 9.17) is 16.3 Å². The average Bonchev–Trinajstić information content (AvgIpc) is 2.81. The summed E-state index contributed by atoms with van der Waals surface area (Å²) < 4.78 is 5.88. The molecule has 1 aromatic carbocycles. The predicted molar refractivity (Wildman–Crippen MR) is 86.1 cm³/mol. The van der Waals surface area contributed by atoms with Gasteiger partial charge in [-0.15, -0.1) is 11.3 Å². The summed E-state index contributed by atoms with van der Waals surface area (Å²) in [6.07, 6.45) is 1.73. The van der Waals surface area contributed by atoms with Crippen LogP contribution in [-0.2, 0) is 11.3 Å². The lowest BCUT2D eigenvalue weighted by molar-refractivity contribution is 0.00696. The molecule has 0 spiro atoms. The molecule has 2 rings (SSSR count). The van der Waals surface area contributed by atoms with Crippen molar-refractivity contribution in [3.63, 3.8) is 0 Å². The van der Waals surface area contributed by atoms with Gasteiger partial charge in [0.25, 0.3) is 0 Å². The number of rotatable bonds is 4. The van der Waals surface area contributed by atoms with Crippen molar-refractivity contribution in [1.82, 2.24) is 4.98 Å². The Labute approximate surface area is 133 Å². The number of aromatic nitrogens is 1. The largest absolute Gasteiger partial charge is 0.456 e. The van der Waals surface area contributed by atoms with Crippen LogP contribution in [0.5, 0.6) is 0 Å². The minimum absolute atomic E-state index is 0.327. The van der Waals surface area contributed by atoms with Crippen molar-refractivity contribution in [3.8, 4) is 0 Å². The molecule has 0 fully saturated rings. The summed E-state index contributed by atoms with van der Waals surface area (Å²) in [5.41, 5.74) is 0.875. The van der Waals surface area contributed by atoms with E-state index < -0.39 is 5.60 Å². The number of hydrogen-bond acceptors (Lipinski definition) is 5.